The molecule has 0 saturated heterocycles. The summed E-state index contributed by atoms with van der Waals surface area (Å²) in [5.41, 5.74) is 3.50. The highest BCUT2D eigenvalue weighted by Crippen LogP contribution is 2.31. The minimum absolute atomic E-state index is 0.0858. The zero-order valence-electron chi connectivity index (χ0n) is 17.5. The molecule has 3 heterocycles. The zero-order valence-corrected chi connectivity index (χ0v) is 19.1. The number of allylic oxidation sites excluding steroid dienone is 1. The van der Waals surface area contributed by atoms with Gasteiger partial charge in [0.05, 0.1) is 28.7 Å². The number of aryl methyl sites for hydroxylation is 1. The second-order valence-electron chi connectivity index (χ2n) is 7.89. The summed E-state index contributed by atoms with van der Waals surface area (Å²) in [5.74, 6) is -0.548. The van der Waals surface area contributed by atoms with Crippen LogP contribution in [0.3, 0.4) is 0 Å². The molecule has 0 atom stereocenters. The number of carboxylic acids is 1. The predicted molar refractivity (Wildman–Crippen MR) is 128 cm³/mol. The number of hydrogen-bond donors (Lipinski definition) is 1. The van der Waals surface area contributed by atoms with Gasteiger partial charge in [-0.25, -0.2) is 14.5 Å². The van der Waals surface area contributed by atoms with E-state index in [4.69, 9.17) is 23.2 Å². The van der Waals surface area contributed by atoms with E-state index in [0.717, 1.165) is 22.4 Å². The van der Waals surface area contributed by atoms with Crippen LogP contribution in [0, 0.1) is 6.92 Å². The van der Waals surface area contributed by atoms with Crippen LogP contribution in [0.2, 0.25) is 10.2 Å². The van der Waals surface area contributed by atoms with Gasteiger partial charge in [0.25, 0.3) is 5.56 Å². The van der Waals surface area contributed by atoms with Crippen molar-refractivity contribution < 1.29 is 9.90 Å². The lowest BCUT2D eigenvalue weighted by Crippen LogP contribution is -2.21. The molecule has 9 heteroatoms. The van der Waals surface area contributed by atoms with Crippen LogP contribution in [0.25, 0.3) is 22.6 Å². The molecule has 0 saturated carbocycles. The van der Waals surface area contributed by atoms with Crippen LogP contribution in [-0.4, -0.2) is 30.4 Å². The van der Waals surface area contributed by atoms with E-state index in [1.54, 1.807) is 9.25 Å². The van der Waals surface area contributed by atoms with Crippen molar-refractivity contribution in [3.63, 3.8) is 0 Å². The summed E-state index contributed by atoms with van der Waals surface area (Å²) in [6, 6.07) is 11.9. The first kappa shape index (κ1) is 21.4. The highest BCUT2D eigenvalue weighted by atomic mass is 35.5. The summed E-state index contributed by atoms with van der Waals surface area (Å²) in [6.07, 6.45) is 2.52. The van der Waals surface area contributed by atoms with Gasteiger partial charge in [0.1, 0.15) is 11.0 Å². The lowest BCUT2D eigenvalue weighted by Gasteiger charge is -2.07. The van der Waals surface area contributed by atoms with Crippen LogP contribution >= 0.6 is 23.2 Å². The Morgan fingerprint density at radius 2 is 2.00 bits per heavy atom. The zero-order chi connectivity index (χ0) is 23.3. The Hall–Kier alpha value is -3.42. The summed E-state index contributed by atoms with van der Waals surface area (Å²) in [6.45, 7) is 2.80. The number of halogens is 2. The van der Waals surface area contributed by atoms with Gasteiger partial charge >= 0.3 is 5.97 Å². The molecule has 0 aliphatic carbocycles. The largest absolute Gasteiger partial charge is 0.478 e. The number of rotatable bonds is 4. The van der Waals surface area contributed by atoms with Gasteiger partial charge in [0.2, 0.25) is 0 Å². The fourth-order valence-corrected chi connectivity index (χ4v) is 4.57. The highest BCUT2D eigenvalue weighted by molar-refractivity contribution is 6.32. The first-order valence-electron chi connectivity index (χ1n) is 10.3. The predicted octanol–water partition coefficient (Wildman–Crippen LogP) is 4.90. The number of hydrogen-bond acceptors (Lipinski definition) is 4. The Balaban J connectivity index is 1.58. The van der Waals surface area contributed by atoms with E-state index in [-0.39, 0.29) is 11.1 Å². The van der Waals surface area contributed by atoms with E-state index >= 15 is 0 Å². The average molecular weight is 481 g/mol. The van der Waals surface area contributed by atoms with Crippen LogP contribution in [0.4, 0.5) is 0 Å². The topological polar surface area (TPSA) is 90.0 Å². The number of benzene rings is 2. The van der Waals surface area contributed by atoms with Gasteiger partial charge < -0.3 is 5.11 Å². The van der Waals surface area contributed by atoms with Crippen LogP contribution in [-0.2, 0) is 13.1 Å². The maximum atomic E-state index is 13.0. The molecular weight excluding hydrogens is 463 g/mol. The second kappa shape index (κ2) is 8.17. The summed E-state index contributed by atoms with van der Waals surface area (Å²) in [5, 5.41) is 15.4. The Morgan fingerprint density at radius 1 is 1.21 bits per heavy atom. The minimum atomic E-state index is -1.07. The van der Waals surface area contributed by atoms with Crippen LogP contribution in [0.1, 0.15) is 39.4 Å². The molecule has 0 fully saturated rings. The molecular formula is C24H18Cl2N4O3. The Labute approximate surface area is 198 Å². The van der Waals surface area contributed by atoms with Crippen molar-refractivity contribution in [1.29, 1.82) is 0 Å². The molecule has 1 aliphatic rings. The lowest BCUT2D eigenvalue weighted by molar-refractivity contribution is 0.0697. The first-order valence-corrected chi connectivity index (χ1v) is 11.0. The summed E-state index contributed by atoms with van der Waals surface area (Å²) in [4.78, 5) is 28.9. The Kier molecular flexibility index (Phi) is 5.31. The first-order chi connectivity index (χ1) is 15.8. The van der Waals surface area contributed by atoms with Gasteiger partial charge in [-0.05, 0) is 54.8 Å². The van der Waals surface area contributed by atoms with Crippen molar-refractivity contribution >= 4 is 51.7 Å². The van der Waals surface area contributed by atoms with Gasteiger partial charge in [-0.1, -0.05) is 41.4 Å². The van der Waals surface area contributed by atoms with E-state index in [2.05, 4.69) is 10.1 Å². The van der Waals surface area contributed by atoms with Crippen molar-refractivity contribution in [1.82, 2.24) is 19.3 Å². The highest BCUT2D eigenvalue weighted by Gasteiger charge is 2.23. The third-order valence-electron chi connectivity index (χ3n) is 5.80. The molecule has 2 aromatic carbocycles. The summed E-state index contributed by atoms with van der Waals surface area (Å²) >= 11 is 13.0. The number of fused-ring (bicyclic) bond motifs is 2. The fourth-order valence-electron chi connectivity index (χ4n) is 4.09. The number of carbonyl (C=O) groups is 1. The molecule has 1 N–H and O–H groups in total. The van der Waals surface area contributed by atoms with Crippen molar-refractivity contribution in [2.75, 3.05) is 0 Å². The third-order valence-corrected chi connectivity index (χ3v) is 6.57. The SMILES string of the molecule is Cc1nn(Cc2ccccc2Cl)c(Cl)c1/C=C1\CCn2c1nc1cc(C(=O)O)ccc1c2=O. The third kappa shape index (κ3) is 3.73. The van der Waals surface area contributed by atoms with E-state index in [1.807, 2.05) is 37.3 Å². The standard InChI is InChI=1S/C24H18Cl2N4O3/c1-13-18(21(26)30(28-13)12-16-4-2-3-5-19(16)25)10-14-8-9-29-22(14)27-20-11-15(24(32)33)6-7-17(20)23(29)31/h2-7,10-11H,8-9,12H2,1H3,(H,32,33)/b14-10+. The van der Waals surface area contributed by atoms with Crippen LogP contribution in [0.15, 0.2) is 47.3 Å². The van der Waals surface area contributed by atoms with E-state index in [1.165, 1.54) is 18.2 Å². The van der Waals surface area contributed by atoms with Crippen molar-refractivity contribution in [2.45, 2.75) is 26.4 Å². The van der Waals surface area contributed by atoms with E-state index < -0.39 is 5.97 Å². The molecule has 1 aliphatic heterocycles. The van der Waals surface area contributed by atoms with Crippen molar-refractivity contribution in [3.8, 4) is 0 Å². The second-order valence-corrected chi connectivity index (χ2v) is 8.65. The van der Waals surface area contributed by atoms with Crippen LogP contribution < -0.4 is 5.56 Å². The molecule has 0 amide bonds. The summed E-state index contributed by atoms with van der Waals surface area (Å²) in [7, 11) is 0. The van der Waals surface area contributed by atoms with Gasteiger partial charge in [0, 0.05) is 17.1 Å². The number of aromatic nitrogens is 4. The molecule has 33 heavy (non-hydrogen) atoms. The number of aromatic carboxylic acids is 1. The number of nitrogens with zero attached hydrogens (tertiary/aromatic N) is 4. The molecule has 7 nitrogen and oxygen atoms in total. The molecule has 0 radical (unpaired) electrons. The van der Waals surface area contributed by atoms with Gasteiger partial charge in [-0.3, -0.25) is 9.36 Å². The maximum absolute atomic E-state index is 13.0. The number of carboxylic acid groups (broad SMARTS) is 1. The fraction of sp³-hybridized carbons (Fsp3) is 0.167. The molecule has 0 bridgehead atoms. The van der Waals surface area contributed by atoms with Gasteiger partial charge in [0.15, 0.2) is 0 Å². The molecule has 2 aromatic heterocycles. The minimum Gasteiger partial charge on any atom is -0.478 e. The van der Waals surface area contributed by atoms with E-state index in [0.29, 0.717) is 46.4 Å². The molecule has 5 rings (SSSR count). The van der Waals surface area contributed by atoms with E-state index in [9.17, 15) is 14.7 Å². The molecule has 0 spiro atoms. The smallest absolute Gasteiger partial charge is 0.335 e. The van der Waals surface area contributed by atoms with Crippen molar-refractivity contribution in [2.24, 2.45) is 0 Å². The normalized spacial score (nSPS) is 14.2. The van der Waals surface area contributed by atoms with Gasteiger partial charge in [-0.2, -0.15) is 5.10 Å². The lowest BCUT2D eigenvalue weighted by atomic mass is 10.1. The Bertz CT molecular complexity index is 1530. The molecule has 4 aromatic rings. The summed E-state index contributed by atoms with van der Waals surface area (Å²) < 4.78 is 3.31. The van der Waals surface area contributed by atoms with Crippen LogP contribution in [0.5, 0.6) is 0 Å². The molecule has 166 valence electrons. The Morgan fingerprint density at radius 3 is 2.76 bits per heavy atom. The monoisotopic (exact) mass is 480 g/mol. The molecule has 0 unspecified atom stereocenters. The van der Waals surface area contributed by atoms with Gasteiger partial charge in [-0.15, -0.1) is 0 Å². The quantitative estimate of drug-likeness (QED) is 0.448. The maximum Gasteiger partial charge on any atom is 0.335 e. The average Bonchev–Trinajstić information content (AvgIpc) is 3.31. The van der Waals surface area contributed by atoms with Crippen molar-refractivity contribution in [3.05, 3.63) is 91.2 Å².